The summed E-state index contributed by atoms with van der Waals surface area (Å²) in [5.74, 6) is 1.64. The number of nitriles is 2. The monoisotopic (exact) mass is 404 g/mol. The second kappa shape index (κ2) is 11.8. The Morgan fingerprint density at radius 1 is 0.633 bits per heavy atom. The summed E-state index contributed by atoms with van der Waals surface area (Å²) in [6, 6.07) is 18.8. The number of hydrogen-bond donors (Lipinski definition) is 0. The summed E-state index contributed by atoms with van der Waals surface area (Å²) in [4.78, 5) is 4.98. The first-order valence-electron chi connectivity index (χ1n) is 10.5. The lowest BCUT2D eigenvalue weighted by Gasteiger charge is -2.34. The van der Waals surface area contributed by atoms with Gasteiger partial charge in [0, 0.05) is 39.3 Å². The number of benzene rings is 2. The van der Waals surface area contributed by atoms with Crippen LogP contribution < -0.4 is 9.47 Å². The first-order valence-corrected chi connectivity index (χ1v) is 10.5. The quantitative estimate of drug-likeness (QED) is 0.566. The molecule has 0 radical (unpaired) electrons. The van der Waals surface area contributed by atoms with Crippen LogP contribution in [0.25, 0.3) is 0 Å². The lowest BCUT2D eigenvalue weighted by atomic mass is 10.2. The third kappa shape index (κ3) is 7.08. The van der Waals surface area contributed by atoms with E-state index in [9.17, 15) is 0 Å². The Bertz CT molecular complexity index is 771. The van der Waals surface area contributed by atoms with E-state index in [1.807, 2.05) is 24.3 Å². The van der Waals surface area contributed by atoms with Crippen molar-refractivity contribution in [2.75, 3.05) is 52.5 Å². The summed E-state index contributed by atoms with van der Waals surface area (Å²) >= 11 is 0. The van der Waals surface area contributed by atoms with Crippen molar-refractivity contribution in [1.82, 2.24) is 9.80 Å². The molecule has 1 aliphatic rings. The minimum atomic E-state index is 0.654. The molecule has 30 heavy (non-hydrogen) atoms. The number of hydrogen-bond acceptors (Lipinski definition) is 6. The average molecular weight is 405 g/mol. The molecule has 1 saturated heterocycles. The number of rotatable bonds is 10. The van der Waals surface area contributed by atoms with Gasteiger partial charge in [-0.05, 0) is 61.4 Å². The Hall–Kier alpha value is -3.06. The van der Waals surface area contributed by atoms with Crippen molar-refractivity contribution in [3.8, 4) is 23.6 Å². The Morgan fingerprint density at radius 2 is 1.00 bits per heavy atom. The van der Waals surface area contributed by atoms with Crippen molar-refractivity contribution in [2.24, 2.45) is 0 Å². The number of ether oxygens (including phenoxy) is 2. The zero-order valence-electron chi connectivity index (χ0n) is 17.3. The molecule has 2 aromatic rings. The molecule has 1 heterocycles. The molecule has 2 aromatic carbocycles. The van der Waals surface area contributed by atoms with Gasteiger partial charge in [-0.2, -0.15) is 10.5 Å². The molecular weight excluding hydrogens is 376 g/mol. The van der Waals surface area contributed by atoms with Crippen LogP contribution in [0.5, 0.6) is 11.5 Å². The smallest absolute Gasteiger partial charge is 0.119 e. The van der Waals surface area contributed by atoms with Gasteiger partial charge in [0.1, 0.15) is 11.5 Å². The van der Waals surface area contributed by atoms with E-state index in [0.717, 1.165) is 63.6 Å². The van der Waals surface area contributed by atoms with E-state index in [4.69, 9.17) is 20.0 Å². The molecular formula is C24H28N4O2. The molecule has 3 rings (SSSR count). The van der Waals surface area contributed by atoms with Crippen molar-refractivity contribution in [3.63, 3.8) is 0 Å². The van der Waals surface area contributed by atoms with Gasteiger partial charge in [0.15, 0.2) is 0 Å². The highest BCUT2D eigenvalue weighted by Gasteiger charge is 2.16. The van der Waals surface area contributed by atoms with Crippen LogP contribution in [0.3, 0.4) is 0 Å². The van der Waals surface area contributed by atoms with E-state index < -0.39 is 0 Å². The highest BCUT2D eigenvalue weighted by atomic mass is 16.5. The fraction of sp³-hybridized carbons (Fsp3) is 0.417. The first-order chi connectivity index (χ1) is 14.8. The van der Waals surface area contributed by atoms with Crippen molar-refractivity contribution in [1.29, 1.82) is 10.5 Å². The molecule has 0 unspecified atom stereocenters. The Balaban J connectivity index is 1.22. The summed E-state index contributed by atoms with van der Waals surface area (Å²) in [5.41, 5.74) is 1.31. The lowest BCUT2D eigenvalue weighted by molar-refractivity contribution is 0.120. The van der Waals surface area contributed by atoms with E-state index in [2.05, 4.69) is 21.9 Å². The Morgan fingerprint density at radius 3 is 1.33 bits per heavy atom. The van der Waals surface area contributed by atoms with Crippen LogP contribution in [-0.2, 0) is 0 Å². The topological polar surface area (TPSA) is 72.5 Å². The minimum absolute atomic E-state index is 0.654. The third-order valence-corrected chi connectivity index (χ3v) is 5.21. The lowest BCUT2D eigenvalue weighted by Crippen LogP contribution is -2.47. The maximum atomic E-state index is 8.81. The SMILES string of the molecule is N#Cc1ccc(OCCCN2CCN(CCCOc3ccc(C#N)cc3)CC2)cc1. The second-order valence-electron chi connectivity index (χ2n) is 7.36. The van der Waals surface area contributed by atoms with Crippen LogP contribution in [0.4, 0.5) is 0 Å². The number of piperazine rings is 1. The van der Waals surface area contributed by atoms with Gasteiger partial charge < -0.3 is 19.3 Å². The summed E-state index contributed by atoms with van der Waals surface area (Å²) in [7, 11) is 0. The third-order valence-electron chi connectivity index (χ3n) is 5.21. The highest BCUT2D eigenvalue weighted by molar-refractivity contribution is 5.35. The van der Waals surface area contributed by atoms with Gasteiger partial charge in [-0.15, -0.1) is 0 Å². The minimum Gasteiger partial charge on any atom is -0.494 e. The van der Waals surface area contributed by atoms with Crippen LogP contribution in [0.1, 0.15) is 24.0 Å². The molecule has 1 aliphatic heterocycles. The van der Waals surface area contributed by atoms with Crippen molar-refractivity contribution in [3.05, 3.63) is 59.7 Å². The summed E-state index contributed by atoms with van der Waals surface area (Å²) < 4.78 is 11.5. The molecule has 0 atom stereocenters. The molecule has 1 fully saturated rings. The molecule has 156 valence electrons. The molecule has 0 bridgehead atoms. The van der Waals surface area contributed by atoms with Gasteiger partial charge in [-0.25, -0.2) is 0 Å². The average Bonchev–Trinajstić information content (AvgIpc) is 2.81. The Kier molecular flexibility index (Phi) is 8.53. The standard InChI is InChI=1S/C24H28N4O2/c25-19-21-3-7-23(8-4-21)29-17-1-11-27-13-15-28(16-14-27)12-2-18-30-24-9-5-22(20-26)6-10-24/h3-10H,1-2,11-18H2. The molecule has 0 N–H and O–H groups in total. The maximum Gasteiger partial charge on any atom is 0.119 e. The highest BCUT2D eigenvalue weighted by Crippen LogP contribution is 2.13. The van der Waals surface area contributed by atoms with Crippen molar-refractivity contribution < 1.29 is 9.47 Å². The molecule has 6 heteroatoms. The van der Waals surface area contributed by atoms with Gasteiger partial charge in [0.25, 0.3) is 0 Å². The predicted octanol–water partition coefficient (Wildman–Crippen LogP) is 3.29. The van der Waals surface area contributed by atoms with E-state index in [-0.39, 0.29) is 0 Å². The largest absolute Gasteiger partial charge is 0.494 e. The van der Waals surface area contributed by atoms with Crippen LogP contribution >= 0.6 is 0 Å². The zero-order chi connectivity index (χ0) is 21.0. The normalized spacial score (nSPS) is 14.6. The van der Waals surface area contributed by atoms with Crippen LogP contribution in [0.2, 0.25) is 0 Å². The molecule has 0 saturated carbocycles. The Labute approximate surface area is 178 Å². The summed E-state index contributed by atoms with van der Waals surface area (Å²) in [6.45, 7) is 7.84. The van der Waals surface area contributed by atoms with E-state index in [1.165, 1.54) is 0 Å². The zero-order valence-corrected chi connectivity index (χ0v) is 17.3. The fourth-order valence-corrected chi connectivity index (χ4v) is 3.44. The molecule has 6 nitrogen and oxygen atoms in total. The molecule has 0 spiro atoms. The van der Waals surface area contributed by atoms with Gasteiger partial charge in [0.2, 0.25) is 0 Å². The van der Waals surface area contributed by atoms with E-state index in [1.54, 1.807) is 24.3 Å². The summed E-state index contributed by atoms with van der Waals surface area (Å²) in [6.07, 6.45) is 2.00. The molecule has 0 aromatic heterocycles. The first kappa shape index (κ1) is 21.6. The van der Waals surface area contributed by atoms with Gasteiger partial charge in [-0.3, -0.25) is 0 Å². The van der Waals surface area contributed by atoms with Crippen molar-refractivity contribution in [2.45, 2.75) is 12.8 Å². The predicted molar refractivity (Wildman–Crippen MR) is 115 cm³/mol. The number of nitrogens with zero attached hydrogens (tertiary/aromatic N) is 4. The van der Waals surface area contributed by atoms with Crippen LogP contribution in [0, 0.1) is 22.7 Å². The van der Waals surface area contributed by atoms with Crippen molar-refractivity contribution >= 4 is 0 Å². The maximum absolute atomic E-state index is 8.81. The van der Waals surface area contributed by atoms with E-state index in [0.29, 0.717) is 24.3 Å². The molecule has 0 amide bonds. The van der Waals surface area contributed by atoms with Gasteiger partial charge >= 0.3 is 0 Å². The van der Waals surface area contributed by atoms with E-state index >= 15 is 0 Å². The molecule has 0 aliphatic carbocycles. The van der Waals surface area contributed by atoms with Gasteiger partial charge in [-0.1, -0.05) is 0 Å². The van der Waals surface area contributed by atoms with Crippen LogP contribution in [-0.4, -0.2) is 62.3 Å². The second-order valence-corrected chi connectivity index (χ2v) is 7.36. The fourth-order valence-electron chi connectivity index (χ4n) is 3.44. The summed E-state index contributed by atoms with van der Waals surface area (Å²) in [5, 5.41) is 17.6. The van der Waals surface area contributed by atoms with Crippen LogP contribution in [0.15, 0.2) is 48.5 Å². The van der Waals surface area contributed by atoms with Gasteiger partial charge in [0.05, 0.1) is 36.5 Å².